The molecule has 0 unspecified atom stereocenters. The van der Waals surface area contributed by atoms with E-state index in [1.54, 1.807) is 0 Å². The molecule has 1 aliphatic rings. The zero-order valence-corrected chi connectivity index (χ0v) is 9.93. The fraction of sp³-hybridized carbons (Fsp3) is 0.267. The first-order chi connectivity index (χ1) is 8.31. The summed E-state index contributed by atoms with van der Waals surface area (Å²) >= 11 is 0. The highest BCUT2D eigenvalue weighted by Crippen LogP contribution is 2.26. The van der Waals surface area contributed by atoms with Gasteiger partial charge in [0.2, 0.25) is 0 Å². The summed E-state index contributed by atoms with van der Waals surface area (Å²) in [5.74, 6) is 0.140. The van der Waals surface area contributed by atoms with Gasteiger partial charge in [-0.15, -0.1) is 0 Å². The van der Waals surface area contributed by atoms with E-state index < -0.39 is 0 Å². The van der Waals surface area contributed by atoms with Gasteiger partial charge in [0.05, 0.1) is 7.11 Å². The summed E-state index contributed by atoms with van der Waals surface area (Å²) in [6, 6.07) is 10.3. The van der Waals surface area contributed by atoms with Crippen molar-refractivity contribution in [1.82, 2.24) is 0 Å². The summed E-state index contributed by atoms with van der Waals surface area (Å²) in [6.07, 6.45) is 7.72. The molecule has 0 spiro atoms. The second-order valence-corrected chi connectivity index (χ2v) is 4.11. The molecule has 1 atom stereocenters. The molecule has 0 saturated carbocycles. The molecule has 1 aromatic rings. The van der Waals surface area contributed by atoms with Crippen molar-refractivity contribution in [3.8, 4) is 0 Å². The molecular weight excluding hydrogens is 212 g/mol. The van der Waals surface area contributed by atoms with Crippen molar-refractivity contribution in [1.29, 1.82) is 0 Å². The number of hydrogen-bond donors (Lipinski definition) is 0. The van der Waals surface area contributed by atoms with Crippen LogP contribution in [-0.2, 0) is 9.53 Å². The minimum absolute atomic E-state index is 0.219. The van der Waals surface area contributed by atoms with Crippen LogP contribution in [0, 0.1) is 0 Å². The van der Waals surface area contributed by atoms with Crippen LogP contribution in [-0.4, -0.2) is 13.1 Å². The van der Waals surface area contributed by atoms with Gasteiger partial charge in [0.1, 0.15) is 0 Å². The number of carbonyl (C=O) groups is 1. The lowest BCUT2D eigenvalue weighted by atomic mass is 9.96. The summed E-state index contributed by atoms with van der Waals surface area (Å²) in [6.45, 7) is 0. The van der Waals surface area contributed by atoms with Crippen LogP contribution in [0.15, 0.2) is 54.1 Å². The van der Waals surface area contributed by atoms with Gasteiger partial charge < -0.3 is 4.74 Å². The number of carbonyl (C=O) groups excluding carboxylic acids is 1. The second-order valence-electron chi connectivity index (χ2n) is 4.11. The predicted molar refractivity (Wildman–Crippen MR) is 67.7 cm³/mol. The summed E-state index contributed by atoms with van der Waals surface area (Å²) in [4.78, 5) is 11.4. The number of hydrogen-bond acceptors (Lipinski definition) is 2. The zero-order chi connectivity index (χ0) is 12.1. The summed E-state index contributed by atoms with van der Waals surface area (Å²) in [5, 5.41) is 0. The van der Waals surface area contributed by atoms with Gasteiger partial charge in [-0.25, -0.2) is 4.79 Å². The van der Waals surface area contributed by atoms with Crippen LogP contribution in [0.5, 0.6) is 0 Å². The van der Waals surface area contributed by atoms with E-state index in [1.165, 1.54) is 12.7 Å². The molecule has 88 valence electrons. The number of esters is 1. The predicted octanol–water partition coefficient (Wildman–Crippen LogP) is 3.22. The second kappa shape index (κ2) is 5.48. The molecule has 2 rings (SSSR count). The monoisotopic (exact) mass is 228 g/mol. The lowest BCUT2D eigenvalue weighted by Crippen LogP contribution is -2.03. The first-order valence-corrected chi connectivity index (χ1v) is 5.80. The zero-order valence-electron chi connectivity index (χ0n) is 9.93. The van der Waals surface area contributed by atoms with Crippen molar-refractivity contribution in [2.24, 2.45) is 0 Å². The van der Waals surface area contributed by atoms with E-state index in [-0.39, 0.29) is 5.97 Å². The van der Waals surface area contributed by atoms with Gasteiger partial charge in [0.15, 0.2) is 0 Å². The Balaban J connectivity index is 2.15. The fourth-order valence-corrected chi connectivity index (χ4v) is 2.04. The standard InChI is InChI=1S/C15H16O2/c1-17-15(16)14-9-5-8-13(10-11-14)12-6-3-2-4-7-12/h2-8,11,13H,9-10H2,1H3/t13-/m0/s1. The summed E-state index contributed by atoms with van der Waals surface area (Å²) in [5.41, 5.74) is 2.04. The van der Waals surface area contributed by atoms with Gasteiger partial charge in [-0.3, -0.25) is 0 Å². The molecular formula is C15H16O2. The molecule has 0 aliphatic heterocycles. The van der Waals surface area contributed by atoms with E-state index in [1.807, 2.05) is 30.4 Å². The molecule has 0 fully saturated rings. The molecule has 0 amide bonds. The van der Waals surface area contributed by atoms with Crippen LogP contribution in [0.25, 0.3) is 0 Å². The van der Waals surface area contributed by atoms with Crippen LogP contribution >= 0.6 is 0 Å². The third-order valence-corrected chi connectivity index (χ3v) is 3.00. The third-order valence-electron chi connectivity index (χ3n) is 3.00. The van der Waals surface area contributed by atoms with Gasteiger partial charge >= 0.3 is 5.97 Å². The van der Waals surface area contributed by atoms with E-state index in [0.29, 0.717) is 12.3 Å². The summed E-state index contributed by atoms with van der Waals surface area (Å²) < 4.78 is 4.75. The van der Waals surface area contributed by atoms with Crippen molar-refractivity contribution in [3.63, 3.8) is 0 Å². The number of benzene rings is 1. The maximum Gasteiger partial charge on any atom is 0.333 e. The third kappa shape index (κ3) is 2.84. The quantitative estimate of drug-likeness (QED) is 0.574. The number of methoxy groups -OCH3 is 1. The average Bonchev–Trinajstić information content (AvgIpc) is 2.64. The molecule has 0 heterocycles. The summed E-state index contributed by atoms with van der Waals surface area (Å²) in [7, 11) is 1.42. The van der Waals surface area contributed by atoms with E-state index in [2.05, 4.69) is 18.2 Å². The minimum Gasteiger partial charge on any atom is -0.466 e. The molecule has 0 saturated heterocycles. The Morgan fingerprint density at radius 1 is 1.29 bits per heavy atom. The van der Waals surface area contributed by atoms with Gasteiger partial charge in [-0.2, -0.15) is 0 Å². The molecule has 0 bridgehead atoms. The first-order valence-electron chi connectivity index (χ1n) is 5.80. The smallest absolute Gasteiger partial charge is 0.333 e. The van der Waals surface area contributed by atoms with Crippen molar-refractivity contribution in [2.45, 2.75) is 18.8 Å². The van der Waals surface area contributed by atoms with Crippen LogP contribution in [0.3, 0.4) is 0 Å². The molecule has 17 heavy (non-hydrogen) atoms. The Bertz CT molecular complexity index is 443. The van der Waals surface area contributed by atoms with Crippen LogP contribution in [0.1, 0.15) is 24.3 Å². The van der Waals surface area contributed by atoms with Crippen molar-refractivity contribution < 1.29 is 9.53 Å². The van der Waals surface area contributed by atoms with Crippen molar-refractivity contribution in [2.75, 3.05) is 7.11 Å². The average molecular weight is 228 g/mol. The van der Waals surface area contributed by atoms with E-state index >= 15 is 0 Å². The Kier molecular flexibility index (Phi) is 3.76. The van der Waals surface area contributed by atoms with Gasteiger partial charge in [0.25, 0.3) is 0 Å². The molecule has 0 aromatic heterocycles. The highest BCUT2D eigenvalue weighted by Gasteiger charge is 2.14. The van der Waals surface area contributed by atoms with E-state index in [4.69, 9.17) is 4.74 Å². The maximum absolute atomic E-state index is 11.4. The van der Waals surface area contributed by atoms with Gasteiger partial charge in [0, 0.05) is 11.5 Å². The minimum atomic E-state index is -0.219. The van der Waals surface area contributed by atoms with E-state index in [9.17, 15) is 4.79 Å². The van der Waals surface area contributed by atoms with Gasteiger partial charge in [-0.1, -0.05) is 48.6 Å². The van der Waals surface area contributed by atoms with Crippen LogP contribution < -0.4 is 0 Å². The van der Waals surface area contributed by atoms with Crippen molar-refractivity contribution in [3.05, 3.63) is 59.7 Å². The molecule has 1 aromatic carbocycles. The largest absolute Gasteiger partial charge is 0.466 e. The van der Waals surface area contributed by atoms with Gasteiger partial charge in [-0.05, 0) is 18.4 Å². The van der Waals surface area contributed by atoms with Crippen LogP contribution in [0.2, 0.25) is 0 Å². The maximum atomic E-state index is 11.4. The fourth-order valence-electron chi connectivity index (χ4n) is 2.04. The molecule has 2 heteroatoms. The number of allylic oxidation sites excluding steroid dienone is 3. The number of rotatable bonds is 2. The highest BCUT2D eigenvalue weighted by molar-refractivity contribution is 5.88. The van der Waals surface area contributed by atoms with Crippen molar-refractivity contribution >= 4 is 5.97 Å². The lowest BCUT2D eigenvalue weighted by molar-refractivity contribution is -0.136. The topological polar surface area (TPSA) is 26.3 Å². The van der Waals surface area contributed by atoms with E-state index in [0.717, 1.165) is 12.0 Å². The molecule has 0 N–H and O–H groups in total. The molecule has 0 radical (unpaired) electrons. The molecule has 1 aliphatic carbocycles. The Hall–Kier alpha value is -1.83. The normalized spacial score (nSPS) is 19.4. The lowest BCUT2D eigenvalue weighted by Gasteiger charge is -2.09. The highest BCUT2D eigenvalue weighted by atomic mass is 16.5. The first kappa shape index (κ1) is 11.6. The van der Waals surface area contributed by atoms with Crippen LogP contribution in [0.4, 0.5) is 0 Å². The molecule has 2 nitrogen and oxygen atoms in total. The Morgan fingerprint density at radius 3 is 2.76 bits per heavy atom. The Labute approximate surface area is 102 Å². The Morgan fingerprint density at radius 2 is 2.06 bits per heavy atom. The number of ether oxygens (including phenoxy) is 1. The SMILES string of the molecule is COC(=O)C1=CC[C@@H](c2ccccc2)C=CC1.